The van der Waals surface area contributed by atoms with Crippen LogP contribution in [0.5, 0.6) is 0 Å². The standard InChI is InChI=1S/C22H24N4O2/c1-16(19-15-24(2)20-8-4-3-7-18(19)20)21(27)25-10-12-26(13-11-25)22(28)17-6-5-9-23-14-17/h3-9,14-16H,10-13H2,1-2H3. The highest BCUT2D eigenvalue weighted by atomic mass is 16.2. The molecule has 1 unspecified atom stereocenters. The largest absolute Gasteiger partial charge is 0.350 e. The van der Waals surface area contributed by atoms with E-state index in [0.29, 0.717) is 31.7 Å². The summed E-state index contributed by atoms with van der Waals surface area (Å²) in [6, 6.07) is 11.7. The Bertz CT molecular complexity index is 1000. The average molecular weight is 376 g/mol. The molecule has 0 saturated carbocycles. The number of para-hydroxylation sites is 1. The van der Waals surface area contributed by atoms with Crippen molar-refractivity contribution in [2.45, 2.75) is 12.8 Å². The van der Waals surface area contributed by atoms with E-state index in [1.165, 1.54) is 0 Å². The van der Waals surface area contributed by atoms with Gasteiger partial charge in [0.2, 0.25) is 5.91 Å². The molecular weight excluding hydrogens is 352 g/mol. The number of benzene rings is 1. The van der Waals surface area contributed by atoms with E-state index >= 15 is 0 Å². The zero-order valence-corrected chi connectivity index (χ0v) is 16.2. The van der Waals surface area contributed by atoms with Crippen molar-refractivity contribution in [3.8, 4) is 0 Å². The van der Waals surface area contributed by atoms with Crippen LogP contribution in [0.2, 0.25) is 0 Å². The molecule has 1 aromatic carbocycles. The van der Waals surface area contributed by atoms with Crippen LogP contribution in [-0.4, -0.2) is 57.3 Å². The van der Waals surface area contributed by atoms with E-state index in [-0.39, 0.29) is 17.7 Å². The van der Waals surface area contributed by atoms with Gasteiger partial charge < -0.3 is 14.4 Å². The van der Waals surface area contributed by atoms with Crippen LogP contribution in [0.4, 0.5) is 0 Å². The van der Waals surface area contributed by atoms with Gasteiger partial charge in [0, 0.05) is 62.7 Å². The lowest BCUT2D eigenvalue weighted by atomic mass is 9.98. The lowest BCUT2D eigenvalue weighted by molar-refractivity contribution is -0.133. The third-order valence-electron chi connectivity index (χ3n) is 5.55. The monoisotopic (exact) mass is 376 g/mol. The van der Waals surface area contributed by atoms with Gasteiger partial charge in [-0.1, -0.05) is 18.2 Å². The number of fused-ring (bicyclic) bond motifs is 1. The molecule has 1 aliphatic rings. The van der Waals surface area contributed by atoms with Crippen molar-refractivity contribution in [1.82, 2.24) is 19.4 Å². The Labute approximate surface area is 164 Å². The van der Waals surface area contributed by atoms with Gasteiger partial charge in [0.1, 0.15) is 0 Å². The normalized spacial score (nSPS) is 15.6. The molecule has 2 aromatic heterocycles. The Balaban J connectivity index is 1.44. The van der Waals surface area contributed by atoms with Crippen LogP contribution in [-0.2, 0) is 11.8 Å². The molecule has 6 heteroatoms. The van der Waals surface area contributed by atoms with Crippen LogP contribution in [0.15, 0.2) is 55.0 Å². The molecule has 28 heavy (non-hydrogen) atoms. The van der Waals surface area contributed by atoms with Crippen LogP contribution in [0.25, 0.3) is 10.9 Å². The summed E-state index contributed by atoms with van der Waals surface area (Å²) in [5, 5.41) is 1.12. The second-order valence-corrected chi connectivity index (χ2v) is 7.29. The Morgan fingerprint density at radius 2 is 1.71 bits per heavy atom. The second kappa shape index (κ2) is 7.46. The Morgan fingerprint density at radius 1 is 1.00 bits per heavy atom. The van der Waals surface area contributed by atoms with Crippen LogP contribution < -0.4 is 0 Å². The summed E-state index contributed by atoms with van der Waals surface area (Å²) in [7, 11) is 2.01. The summed E-state index contributed by atoms with van der Waals surface area (Å²) in [6.07, 6.45) is 5.29. The topological polar surface area (TPSA) is 58.4 Å². The van der Waals surface area contributed by atoms with Crippen molar-refractivity contribution < 1.29 is 9.59 Å². The third kappa shape index (κ3) is 3.26. The van der Waals surface area contributed by atoms with Gasteiger partial charge in [-0.25, -0.2) is 0 Å². The van der Waals surface area contributed by atoms with E-state index < -0.39 is 0 Å². The van der Waals surface area contributed by atoms with Crippen LogP contribution >= 0.6 is 0 Å². The summed E-state index contributed by atoms with van der Waals surface area (Å²) < 4.78 is 2.07. The number of aryl methyl sites for hydroxylation is 1. The number of rotatable bonds is 3. The molecule has 1 saturated heterocycles. The Morgan fingerprint density at radius 3 is 2.43 bits per heavy atom. The molecule has 2 amide bonds. The number of pyridine rings is 1. The molecule has 0 N–H and O–H groups in total. The van der Waals surface area contributed by atoms with Crippen molar-refractivity contribution in [2.24, 2.45) is 7.05 Å². The first kappa shape index (κ1) is 18.2. The fourth-order valence-electron chi connectivity index (χ4n) is 3.93. The van der Waals surface area contributed by atoms with Gasteiger partial charge in [-0.05, 0) is 30.7 Å². The summed E-state index contributed by atoms with van der Waals surface area (Å²) in [5.41, 5.74) is 2.77. The van der Waals surface area contributed by atoms with E-state index in [4.69, 9.17) is 0 Å². The number of hydrogen-bond donors (Lipinski definition) is 0. The quantitative estimate of drug-likeness (QED) is 0.706. The molecule has 3 heterocycles. The number of carbonyl (C=O) groups excluding carboxylic acids is 2. The number of amides is 2. The molecule has 0 spiro atoms. The number of aromatic nitrogens is 2. The average Bonchev–Trinajstić information content (AvgIpc) is 3.10. The smallest absolute Gasteiger partial charge is 0.255 e. The minimum Gasteiger partial charge on any atom is -0.350 e. The maximum atomic E-state index is 13.1. The Kier molecular flexibility index (Phi) is 4.86. The summed E-state index contributed by atoms with van der Waals surface area (Å²) in [4.78, 5) is 33.3. The maximum Gasteiger partial charge on any atom is 0.255 e. The molecule has 6 nitrogen and oxygen atoms in total. The first-order chi connectivity index (χ1) is 13.6. The molecule has 4 rings (SSSR count). The van der Waals surface area contributed by atoms with Crippen LogP contribution in [0.3, 0.4) is 0 Å². The first-order valence-corrected chi connectivity index (χ1v) is 9.58. The molecule has 0 aliphatic carbocycles. The molecule has 0 bridgehead atoms. The summed E-state index contributed by atoms with van der Waals surface area (Å²) >= 11 is 0. The highest BCUT2D eigenvalue weighted by Crippen LogP contribution is 2.28. The number of nitrogens with zero attached hydrogens (tertiary/aromatic N) is 4. The van der Waals surface area contributed by atoms with Crippen molar-refractivity contribution >= 4 is 22.7 Å². The van der Waals surface area contributed by atoms with Crippen molar-refractivity contribution in [2.75, 3.05) is 26.2 Å². The van der Waals surface area contributed by atoms with Gasteiger partial charge in [-0.3, -0.25) is 14.6 Å². The van der Waals surface area contributed by atoms with E-state index in [9.17, 15) is 9.59 Å². The zero-order valence-electron chi connectivity index (χ0n) is 16.2. The van der Waals surface area contributed by atoms with Gasteiger partial charge in [0.15, 0.2) is 0 Å². The second-order valence-electron chi connectivity index (χ2n) is 7.29. The molecule has 1 atom stereocenters. The molecule has 1 fully saturated rings. The summed E-state index contributed by atoms with van der Waals surface area (Å²) in [6.45, 7) is 4.17. The highest BCUT2D eigenvalue weighted by Gasteiger charge is 2.29. The third-order valence-corrected chi connectivity index (χ3v) is 5.55. The van der Waals surface area contributed by atoms with Crippen molar-refractivity contribution in [3.63, 3.8) is 0 Å². The zero-order chi connectivity index (χ0) is 19.7. The van der Waals surface area contributed by atoms with Gasteiger partial charge >= 0.3 is 0 Å². The van der Waals surface area contributed by atoms with E-state index in [0.717, 1.165) is 16.5 Å². The van der Waals surface area contributed by atoms with E-state index in [1.54, 1.807) is 29.4 Å². The van der Waals surface area contributed by atoms with Gasteiger partial charge in [0.25, 0.3) is 5.91 Å². The fraction of sp³-hybridized carbons (Fsp3) is 0.318. The van der Waals surface area contributed by atoms with Gasteiger partial charge in [0.05, 0.1) is 11.5 Å². The molecular formula is C22H24N4O2. The predicted molar refractivity (Wildman–Crippen MR) is 108 cm³/mol. The first-order valence-electron chi connectivity index (χ1n) is 9.58. The number of piperazine rings is 1. The van der Waals surface area contributed by atoms with Gasteiger partial charge in [-0.15, -0.1) is 0 Å². The lowest BCUT2D eigenvalue weighted by Crippen LogP contribution is -2.51. The minimum atomic E-state index is -0.216. The summed E-state index contributed by atoms with van der Waals surface area (Å²) in [5.74, 6) is -0.126. The van der Waals surface area contributed by atoms with E-state index in [1.807, 2.05) is 31.0 Å². The maximum absolute atomic E-state index is 13.1. The predicted octanol–water partition coefficient (Wildman–Crippen LogP) is 2.66. The van der Waals surface area contributed by atoms with E-state index in [2.05, 4.69) is 27.9 Å². The molecule has 1 aliphatic heterocycles. The molecule has 3 aromatic rings. The molecule has 144 valence electrons. The minimum absolute atomic E-state index is 0.0256. The number of carbonyl (C=O) groups is 2. The van der Waals surface area contributed by atoms with Crippen molar-refractivity contribution in [1.29, 1.82) is 0 Å². The van der Waals surface area contributed by atoms with Gasteiger partial charge in [-0.2, -0.15) is 0 Å². The number of hydrogen-bond acceptors (Lipinski definition) is 3. The van der Waals surface area contributed by atoms with Crippen molar-refractivity contribution in [3.05, 3.63) is 66.1 Å². The molecule has 0 radical (unpaired) electrons. The fourth-order valence-corrected chi connectivity index (χ4v) is 3.93. The lowest BCUT2D eigenvalue weighted by Gasteiger charge is -2.36. The Hall–Kier alpha value is -3.15. The van der Waals surface area contributed by atoms with Crippen LogP contribution in [0.1, 0.15) is 28.8 Å². The van der Waals surface area contributed by atoms with Crippen LogP contribution in [0, 0.1) is 0 Å². The highest BCUT2D eigenvalue weighted by molar-refractivity contribution is 5.94. The SMILES string of the molecule is CC(C(=O)N1CCN(C(=O)c2cccnc2)CC1)c1cn(C)c2ccccc12.